The molecular weight excluding hydrogens is 551 g/mol. The average Bonchev–Trinajstić information content (AvgIpc) is 3.26. The van der Waals surface area contributed by atoms with E-state index in [1.807, 2.05) is 0 Å². The summed E-state index contributed by atoms with van der Waals surface area (Å²) in [5.41, 5.74) is 4.42. The second-order valence-corrected chi connectivity index (χ2v) is 12.2. The number of nitrogens with one attached hydrogen (secondary N) is 2. The number of carbonyl (C=O) groups excluding carboxylic acids is 1. The predicted octanol–water partition coefficient (Wildman–Crippen LogP) is 4.37. The minimum atomic E-state index is -4.70. The van der Waals surface area contributed by atoms with Crippen molar-refractivity contribution >= 4 is 33.7 Å². The number of piperazine rings is 1. The number of alkyl halides is 3. The van der Waals surface area contributed by atoms with Crippen molar-refractivity contribution in [2.45, 2.75) is 44.4 Å². The number of aryl methyl sites for hydroxylation is 1. The third-order valence-electron chi connectivity index (χ3n) is 6.07. The molecule has 3 aromatic rings. The van der Waals surface area contributed by atoms with Gasteiger partial charge in [0.1, 0.15) is 5.60 Å². The van der Waals surface area contributed by atoms with Gasteiger partial charge in [0, 0.05) is 31.9 Å². The molecule has 2 heterocycles. The summed E-state index contributed by atoms with van der Waals surface area (Å²) in [6.45, 7) is 7.19. The fraction of sp³-hybridized carbons (Fsp3) is 0.400. The van der Waals surface area contributed by atoms with E-state index in [0.717, 1.165) is 6.07 Å². The first kappa shape index (κ1) is 29.1. The van der Waals surface area contributed by atoms with E-state index >= 15 is 0 Å². The van der Waals surface area contributed by atoms with E-state index in [0.29, 0.717) is 5.56 Å². The first-order chi connectivity index (χ1) is 18.5. The highest BCUT2D eigenvalue weighted by Crippen LogP contribution is 2.41. The summed E-state index contributed by atoms with van der Waals surface area (Å²) in [6.07, 6.45) is -5.22. The van der Waals surface area contributed by atoms with Crippen LogP contribution in [0, 0.1) is 6.92 Å². The predicted molar refractivity (Wildman–Crippen MR) is 142 cm³/mol. The van der Waals surface area contributed by atoms with Crippen LogP contribution in [0.1, 0.15) is 31.9 Å². The second kappa shape index (κ2) is 10.6. The van der Waals surface area contributed by atoms with Crippen LogP contribution in [0.2, 0.25) is 0 Å². The fourth-order valence-corrected chi connectivity index (χ4v) is 5.73. The molecule has 0 spiro atoms. The Labute approximate surface area is 229 Å². The summed E-state index contributed by atoms with van der Waals surface area (Å²) in [6, 6.07) is 7.71. The summed E-state index contributed by atoms with van der Waals surface area (Å²) in [5, 5.41) is 8.86. The van der Waals surface area contributed by atoms with E-state index in [1.54, 1.807) is 20.8 Å². The molecule has 1 saturated heterocycles. The molecule has 4 rings (SSSR count). The maximum Gasteiger partial charge on any atom is 0.417 e. The summed E-state index contributed by atoms with van der Waals surface area (Å²) < 4.78 is 75.4. The van der Waals surface area contributed by atoms with Gasteiger partial charge in [-0.3, -0.25) is 0 Å². The van der Waals surface area contributed by atoms with Gasteiger partial charge in [0.15, 0.2) is 0 Å². The number of rotatable bonds is 5. The summed E-state index contributed by atoms with van der Waals surface area (Å²) in [7, 11) is -3.94. The first-order valence-electron chi connectivity index (χ1n) is 12.3. The maximum atomic E-state index is 14.1. The van der Waals surface area contributed by atoms with E-state index in [-0.39, 0.29) is 59.8 Å². The first-order valence-corrected chi connectivity index (χ1v) is 13.7. The summed E-state index contributed by atoms with van der Waals surface area (Å²) >= 11 is 0. The summed E-state index contributed by atoms with van der Waals surface area (Å²) in [4.78, 5) is 17.5. The number of hydrogen-bond acceptors (Lipinski definition) is 8. The lowest BCUT2D eigenvalue weighted by Gasteiger charge is -2.35. The van der Waals surface area contributed by atoms with Crippen LogP contribution in [0.15, 0.2) is 41.3 Å². The quantitative estimate of drug-likeness (QED) is 0.403. The van der Waals surface area contributed by atoms with Gasteiger partial charge in [0.25, 0.3) is 0 Å². The van der Waals surface area contributed by atoms with Crippen molar-refractivity contribution in [2.75, 3.05) is 37.2 Å². The molecule has 0 atom stereocenters. The Bertz CT molecular complexity index is 1490. The van der Waals surface area contributed by atoms with Crippen LogP contribution in [0.4, 0.5) is 35.5 Å². The number of nitrogens with two attached hydrogens (primary N) is 1. The van der Waals surface area contributed by atoms with Gasteiger partial charge in [-0.1, -0.05) is 12.1 Å². The molecule has 1 aliphatic heterocycles. The van der Waals surface area contributed by atoms with Gasteiger partial charge in [-0.05, 0) is 68.7 Å². The molecule has 4 N–H and O–H groups in total. The van der Waals surface area contributed by atoms with Gasteiger partial charge in [-0.2, -0.15) is 22.5 Å². The number of aromatic amines is 1. The third kappa shape index (κ3) is 6.47. The lowest BCUT2D eigenvalue weighted by atomic mass is 9.94. The fourth-order valence-electron chi connectivity index (χ4n) is 4.31. The average molecular weight is 582 g/mol. The molecule has 0 bridgehead atoms. The number of ether oxygens (including phenoxy) is 1. The van der Waals surface area contributed by atoms with Crippen molar-refractivity contribution in [2.24, 2.45) is 0 Å². The highest BCUT2D eigenvalue weighted by Gasteiger charge is 2.36. The summed E-state index contributed by atoms with van der Waals surface area (Å²) in [5.74, 6) is 0.0195. The monoisotopic (exact) mass is 581 g/mol. The highest BCUT2D eigenvalue weighted by molar-refractivity contribution is 7.89. The van der Waals surface area contributed by atoms with Crippen LogP contribution in [0.5, 0.6) is 0 Å². The van der Waals surface area contributed by atoms with Gasteiger partial charge in [-0.15, -0.1) is 5.10 Å². The number of nitrogen functional groups attached to an aromatic ring is 1. The Hall–Kier alpha value is -3.85. The number of sulfonamides is 1. The van der Waals surface area contributed by atoms with Crippen molar-refractivity contribution in [3.63, 3.8) is 0 Å². The molecule has 11 nitrogen and oxygen atoms in total. The number of H-pyrrole nitrogens is 1. The topological polar surface area (TPSA) is 147 Å². The van der Waals surface area contributed by atoms with E-state index in [9.17, 15) is 26.4 Å². The van der Waals surface area contributed by atoms with Gasteiger partial charge in [-0.25, -0.2) is 18.3 Å². The number of benzene rings is 2. The van der Waals surface area contributed by atoms with Crippen LogP contribution in [0.25, 0.3) is 11.1 Å². The van der Waals surface area contributed by atoms with Crippen molar-refractivity contribution < 1.29 is 31.1 Å². The number of carbonyl (C=O) groups is 1. The molecule has 15 heteroatoms. The highest BCUT2D eigenvalue weighted by atomic mass is 32.2. The lowest BCUT2D eigenvalue weighted by Crippen LogP contribution is -2.51. The molecular formula is C25H30F3N7O4S. The van der Waals surface area contributed by atoms with E-state index in [2.05, 4.69) is 20.5 Å². The molecule has 1 aromatic heterocycles. The standard InChI is InChI=1S/C25H30F3N7O4S/c1-15-13-17(30-22-31-21(29)32-33-22)14-19(25(26,27)28)20(15)16-5-7-18(8-6-16)40(37,38)35-11-9-34(10-12-35)23(36)39-24(2,3)4/h5-8,13-14H,9-12H2,1-4H3,(H4,29,30,31,32,33). The van der Waals surface area contributed by atoms with E-state index < -0.39 is 33.5 Å². The van der Waals surface area contributed by atoms with E-state index in [1.165, 1.54) is 46.5 Å². The van der Waals surface area contributed by atoms with Gasteiger partial charge in [0.2, 0.25) is 21.9 Å². The van der Waals surface area contributed by atoms with Gasteiger partial charge >= 0.3 is 12.3 Å². The molecule has 0 unspecified atom stereocenters. The Balaban J connectivity index is 1.55. The zero-order chi connectivity index (χ0) is 29.5. The normalized spacial score (nSPS) is 15.2. The molecule has 0 radical (unpaired) electrons. The minimum Gasteiger partial charge on any atom is -0.444 e. The Morgan fingerprint density at radius 3 is 2.23 bits per heavy atom. The Kier molecular flexibility index (Phi) is 7.73. The number of halogens is 3. The Morgan fingerprint density at radius 2 is 1.70 bits per heavy atom. The van der Waals surface area contributed by atoms with Crippen molar-refractivity contribution in [3.8, 4) is 11.1 Å². The van der Waals surface area contributed by atoms with Gasteiger partial charge in [0.05, 0.1) is 10.5 Å². The number of aromatic nitrogens is 3. The molecule has 216 valence electrons. The SMILES string of the molecule is Cc1cc(Nc2n[nH]c(N)n2)cc(C(F)(F)F)c1-c1ccc(S(=O)(=O)N2CCN(C(=O)OC(C)(C)C)CC2)cc1. The smallest absolute Gasteiger partial charge is 0.417 e. The molecule has 0 aliphatic carbocycles. The maximum absolute atomic E-state index is 14.1. The molecule has 1 amide bonds. The zero-order valence-electron chi connectivity index (χ0n) is 22.3. The molecule has 40 heavy (non-hydrogen) atoms. The lowest BCUT2D eigenvalue weighted by molar-refractivity contribution is -0.137. The van der Waals surface area contributed by atoms with Crippen LogP contribution in [-0.4, -0.2) is 70.7 Å². The van der Waals surface area contributed by atoms with Crippen molar-refractivity contribution in [1.29, 1.82) is 0 Å². The molecule has 0 saturated carbocycles. The van der Waals surface area contributed by atoms with Crippen molar-refractivity contribution in [1.82, 2.24) is 24.4 Å². The largest absolute Gasteiger partial charge is 0.444 e. The Morgan fingerprint density at radius 1 is 1.07 bits per heavy atom. The number of nitrogens with zero attached hydrogens (tertiary/aromatic N) is 4. The molecule has 2 aromatic carbocycles. The molecule has 1 fully saturated rings. The van der Waals surface area contributed by atoms with E-state index in [4.69, 9.17) is 10.5 Å². The number of hydrogen-bond donors (Lipinski definition) is 3. The van der Waals surface area contributed by atoms with Crippen LogP contribution < -0.4 is 11.1 Å². The zero-order valence-corrected chi connectivity index (χ0v) is 23.2. The van der Waals surface area contributed by atoms with Crippen LogP contribution >= 0.6 is 0 Å². The van der Waals surface area contributed by atoms with Crippen LogP contribution in [-0.2, 0) is 20.9 Å². The number of amides is 1. The van der Waals surface area contributed by atoms with Crippen molar-refractivity contribution in [3.05, 3.63) is 47.5 Å². The third-order valence-corrected chi connectivity index (χ3v) is 7.98. The minimum absolute atomic E-state index is 0.00634. The second-order valence-electron chi connectivity index (χ2n) is 10.3. The molecule has 1 aliphatic rings. The van der Waals surface area contributed by atoms with Gasteiger partial charge < -0.3 is 20.7 Å². The van der Waals surface area contributed by atoms with Crippen LogP contribution in [0.3, 0.4) is 0 Å². The number of anilines is 3.